The molecule has 0 radical (unpaired) electrons. The van der Waals surface area contributed by atoms with E-state index in [0.29, 0.717) is 0 Å². The monoisotopic (exact) mass is 330 g/mol. The van der Waals surface area contributed by atoms with Crippen molar-refractivity contribution in [2.24, 2.45) is 0 Å². The summed E-state index contributed by atoms with van der Waals surface area (Å²) >= 11 is 0. The summed E-state index contributed by atoms with van der Waals surface area (Å²) in [5.74, 6) is -2.07. The number of fused-ring (bicyclic) bond motifs is 5. The van der Waals surface area contributed by atoms with Crippen LogP contribution in [0.2, 0.25) is 0 Å². The van der Waals surface area contributed by atoms with Gasteiger partial charge in [0.25, 0.3) is 0 Å². The molecule has 0 aromatic carbocycles. The molecule has 4 fully saturated rings. The van der Waals surface area contributed by atoms with E-state index in [2.05, 4.69) is 0 Å². The van der Waals surface area contributed by atoms with Crippen molar-refractivity contribution in [3.05, 3.63) is 0 Å². The van der Waals surface area contributed by atoms with Crippen molar-refractivity contribution < 1.29 is 38.0 Å². The first-order valence-electron chi connectivity index (χ1n) is 7.81. The summed E-state index contributed by atoms with van der Waals surface area (Å²) in [6.45, 7) is 7.21. The lowest BCUT2D eigenvalue weighted by molar-refractivity contribution is -0.196. The van der Waals surface area contributed by atoms with Crippen LogP contribution in [0.15, 0.2) is 0 Å². The summed E-state index contributed by atoms with van der Waals surface area (Å²) in [7, 11) is 1.32. The molecule has 23 heavy (non-hydrogen) atoms. The summed E-state index contributed by atoms with van der Waals surface area (Å²) < 4.78 is 39.9. The fourth-order valence-electron chi connectivity index (χ4n) is 3.79. The number of methoxy groups -OCH3 is 1. The van der Waals surface area contributed by atoms with Gasteiger partial charge in [0.1, 0.15) is 30.5 Å². The standard InChI is InChI=1S/C15H22O8/c1-14(2)20-8(10(22-14)12(16)17-5)6-7-9-11(13(18-6)19-7)23-15(3,4)21-9/h6-11,13H,1-5H3/t6-,7-,8+,9-,10-,11-,13-/m1/s1. The van der Waals surface area contributed by atoms with Crippen LogP contribution >= 0.6 is 0 Å². The number of hydrogen-bond donors (Lipinski definition) is 0. The molecule has 4 rings (SSSR count). The Labute approximate surface area is 134 Å². The Balaban J connectivity index is 1.56. The second-order valence-corrected chi connectivity index (χ2v) is 7.18. The van der Waals surface area contributed by atoms with Crippen molar-refractivity contribution in [2.45, 2.75) is 82.2 Å². The van der Waals surface area contributed by atoms with E-state index in [1.807, 2.05) is 13.8 Å². The quantitative estimate of drug-likeness (QED) is 0.670. The summed E-state index contributed by atoms with van der Waals surface area (Å²) in [5.41, 5.74) is 0. The third-order valence-corrected chi connectivity index (χ3v) is 4.55. The summed E-state index contributed by atoms with van der Waals surface area (Å²) in [6.07, 6.45) is -3.39. The second kappa shape index (κ2) is 4.87. The molecule has 0 amide bonds. The van der Waals surface area contributed by atoms with Crippen LogP contribution in [0.3, 0.4) is 0 Å². The normalized spacial score (nSPS) is 49.3. The molecule has 2 bridgehead atoms. The Morgan fingerprint density at radius 3 is 1.96 bits per heavy atom. The molecule has 0 spiro atoms. The predicted molar refractivity (Wildman–Crippen MR) is 73.2 cm³/mol. The van der Waals surface area contributed by atoms with Crippen LogP contribution in [0.1, 0.15) is 27.7 Å². The number of carbonyl (C=O) groups excluding carboxylic acids is 1. The van der Waals surface area contributed by atoms with Gasteiger partial charge in [-0.3, -0.25) is 0 Å². The zero-order valence-corrected chi connectivity index (χ0v) is 13.8. The maximum Gasteiger partial charge on any atom is 0.337 e. The van der Waals surface area contributed by atoms with Crippen LogP contribution in [0.5, 0.6) is 0 Å². The number of esters is 1. The van der Waals surface area contributed by atoms with Crippen LogP contribution in [0, 0.1) is 0 Å². The molecule has 130 valence electrons. The Bertz CT molecular complexity index is 518. The molecule has 0 aromatic heterocycles. The minimum atomic E-state index is -0.902. The molecule has 7 atom stereocenters. The van der Waals surface area contributed by atoms with Gasteiger partial charge in [-0.1, -0.05) is 0 Å². The first kappa shape index (κ1) is 15.7. The lowest BCUT2D eigenvalue weighted by Gasteiger charge is -2.30. The Morgan fingerprint density at radius 2 is 1.30 bits per heavy atom. The van der Waals surface area contributed by atoms with Gasteiger partial charge in [-0.15, -0.1) is 0 Å². The lowest BCUT2D eigenvalue weighted by atomic mass is 9.96. The van der Waals surface area contributed by atoms with Gasteiger partial charge >= 0.3 is 5.97 Å². The van der Waals surface area contributed by atoms with Gasteiger partial charge in [0.05, 0.1) is 7.11 Å². The molecule has 0 unspecified atom stereocenters. The summed E-state index contributed by atoms with van der Waals surface area (Å²) in [4.78, 5) is 12.0. The molecule has 4 heterocycles. The van der Waals surface area contributed by atoms with Gasteiger partial charge in [0.2, 0.25) is 0 Å². The molecule has 8 heteroatoms. The number of rotatable bonds is 2. The van der Waals surface area contributed by atoms with E-state index in [1.165, 1.54) is 7.11 Å². The second-order valence-electron chi connectivity index (χ2n) is 7.18. The zero-order valence-electron chi connectivity index (χ0n) is 13.8. The van der Waals surface area contributed by atoms with E-state index in [1.54, 1.807) is 13.8 Å². The minimum absolute atomic E-state index is 0.251. The van der Waals surface area contributed by atoms with Gasteiger partial charge in [-0.25, -0.2) is 4.79 Å². The first-order chi connectivity index (χ1) is 10.7. The fraction of sp³-hybridized carbons (Fsp3) is 0.933. The summed E-state index contributed by atoms with van der Waals surface area (Å²) in [5, 5.41) is 0. The molecule has 8 nitrogen and oxygen atoms in total. The van der Waals surface area contributed by atoms with Crippen LogP contribution < -0.4 is 0 Å². The van der Waals surface area contributed by atoms with Crippen molar-refractivity contribution in [3.8, 4) is 0 Å². The third-order valence-electron chi connectivity index (χ3n) is 4.55. The molecule has 0 saturated carbocycles. The van der Waals surface area contributed by atoms with E-state index < -0.39 is 42.1 Å². The maximum absolute atomic E-state index is 12.0. The van der Waals surface area contributed by atoms with E-state index in [4.69, 9.17) is 33.2 Å². The lowest BCUT2D eigenvalue weighted by Crippen LogP contribution is -2.53. The van der Waals surface area contributed by atoms with Crippen LogP contribution in [-0.4, -0.2) is 67.6 Å². The van der Waals surface area contributed by atoms with E-state index >= 15 is 0 Å². The van der Waals surface area contributed by atoms with Gasteiger partial charge in [-0.05, 0) is 27.7 Å². The van der Waals surface area contributed by atoms with Gasteiger partial charge < -0.3 is 33.2 Å². The predicted octanol–water partition coefficient (Wildman–Crippen LogP) is 0.323. The van der Waals surface area contributed by atoms with Crippen molar-refractivity contribution in [1.82, 2.24) is 0 Å². The van der Waals surface area contributed by atoms with Crippen LogP contribution in [-0.2, 0) is 38.0 Å². The Hall–Kier alpha value is -0.770. The Kier molecular flexibility index (Phi) is 3.33. The molecular weight excluding hydrogens is 308 g/mol. The van der Waals surface area contributed by atoms with Crippen molar-refractivity contribution in [1.29, 1.82) is 0 Å². The molecule has 0 N–H and O–H groups in total. The van der Waals surface area contributed by atoms with Gasteiger partial charge in [-0.2, -0.15) is 0 Å². The van der Waals surface area contributed by atoms with Crippen LogP contribution in [0.4, 0.5) is 0 Å². The fourth-order valence-corrected chi connectivity index (χ4v) is 3.79. The molecule has 0 aromatic rings. The SMILES string of the molecule is COC(=O)[C@@H]1OC(C)(C)O[C@H]1[C@@H]1O[C@@H]2O[C@H]1[C@H]1OC(C)(C)O[C@@H]21. The maximum atomic E-state index is 12.0. The van der Waals surface area contributed by atoms with Crippen LogP contribution in [0.25, 0.3) is 0 Å². The largest absolute Gasteiger partial charge is 0.467 e. The Morgan fingerprint density at radius 1 is 0.783 bits per heavy atom. The number of carbonyl (C=O) groups is 1. The highest BCUT2D eigenvalue weighted by atomic mass is 16.8. The van der Waals surface area contributed by atoms with Crippen molar-refractivity contribution in [2.75, 3.05) is 7.11 Å². The minimum Gasteiger partial charge on any atom is -0.467 e. The van der Waals surface area contributed by atoms with Crippen molar-refractivity contribution >= 4 is 5.97 Å². The van der Waals surface area contributed by atoms with Gasteiger partial charge in [0, 0.05) is 0 Å². The van der Waals surface area contributed by atoms with Gasteiger partial charge in [0.15, 0.2) is 24.0 Å². The average molecular weight is 330 g/mol. The molecule has 4 aliphatic rings. The number of ether oxygens (including phenoxy) is 7. The zero-order chi connectivity index (χ0) is 16.6. The smallest absolute Gasteiger partial charge is 0.337 e. The highest BCUT2D eigenvalue weighted by Gasteiger charge is 2.67. The van der Waals surface area contributed by atoms with E-state index in [0.717, 1.165) is 0 Å². The first-order valence-corrected chi connectivity index (χ1v) is 7.81. The summed E-state index contributed by atoms with van der Waals surface area (Å²) in [6, 6.07) is 0. The number of hydrogen-bond acceptors (Lipinski definition) is 8. The molecule has 4 aliphatic heterocycles. The third kappa shape index (κ3) is 2.40. The highest BCUT2D eigenvalue weighted by molar-refractivity contribution is 5.75. The molecular formula is C15H22O8. The highest BCUT2D eigenvalue weighted by Crippen LogP contribution is 2.48. The average Bonchev–Trinajstić information content (AvgIpc) is 3.15. The topological polar surface area (TPSA) is 81.7 Å². The molecule has 0 aliphatic carbocycles. The van der Waals surface area contributed by atoms with E-state index in [9.17, 15) is 4.79 Å². The van der Waals surface area contributed by atoms with Crippen molar-refractivity contribution in [3.63, 3.8) is 0 Å². The molecule has 4 saturated heterocycles. The van der Waals surface area contributed by atoms with E-state index in [-0.39, 0.29) is 18.3 Å².